The van der Waals surface area contributed by atoms with Gasteiger partial charge < -0.3 is 14.2 Å². The van der Waals surface area contributed by atoms with E-state index in [0.29, 0.717) is 26.4 Å². The van der Waals surface area contributed by atoms with Gasteiger partial charge in [-0.1, -0.05) is 0 Å². The second-order valence-electron chi connectivity index (χ2n) is 3.27. The fraction of sp³-hybridized carbons (Fsp3) is 0.538. The summed E-state index contributed by atoms with van der Waals surface area (Å²) in [4.78, 5) is 0. The summed E-state index contributed by atoms with van der Waals surface area (Å²) in [5.74, 6) is 1.74. The van der Waals surface area contributed by atoms with Crippen molar-refractivity contribution < 1.29 is 14.2 Å². The molecule has 1 rings (SSSR count). The van der Waals surface area contributed by atoms with E-state index in [4.69, 9.17) is 14.2 Å². The molecule has 0 fully saturated rings. The van der Waals surface area contributed by atoms with Gasteiger partial charge in [0.15, 0.2) is 0 Å². The van der Waals surface area contributed by atoms with Crippen LogP contribution in [0.5, 0.6) is 11.5 Å². The Morgan fingerprint density at radius 1 is 0.938 bits per heavy atom. The third kappa shape index (κ3) is 3.74. The largest absolute Gasteiger partial charge is 0.494 e. The molecule has 1 aromatic rings. The first-order valence-corrected chi connectivity index (χ1v) is 5.78. The Kier molecular flexibility index (Phi) is 5.72. The predicted octanol–water partition coefficient (Wildman–Crippen LogP) is 3.02. The highest BCUT2D eigenvalue weighted by Gasteiger charge is 2.05. The fourth-order valence-electron chi connectivity index (χ4n) is 1.43. The Morgan fingerprint density at radius 2 is 1.69 bits per heavy atom. The lowest BCUT2D eigenvalue weighted by Gasteiger charge is -2.12. The normalized spacial score (nSPS) is 10.2. The van der Waals surface area contributed by atoms with Crippen molar-refractivity contribution in [2.24, 2.45) is 0 Å². The van der Waals surface area contributed by atoms with Crippen LogP contribution in [0.4, 0.5) is 0 Å². The van der Waals surface area contributed by atoms with Crippen molar-refractivity contribution in [2.45, 2.75) is 27.4 Å². The molecule has 0 heterocycles. The van der Waals surface area contributed by atoms with Crippen LogP contribution in [0.15, 0.2) is 18.2 Å². The second kappa shape index (κ2) is 7.12. The first kappa shape index (κ1) is 12.8. The van der Waals surface area contributed by atoms with Gasteiger partial charge in [0.25, 0.3) is 0 Å². The molecule has 0 spiro atoms. The number of rotatable bonds is 7. The van der Waals surface area contributed by atoms with Crippen LogP contribution >= 0.6 is 0 Å². The van der Waals surface area contributed by atoms with E-state index in [2.05, 4.69) is 0 Å². The van der Waals surface area contributed by atoms with E-state index in [9.17, 15) is 0 Å². The third-order valence-electron chi connectivity index (χ3n) is 2.10. The van der Waals surface area contributed by atoms with Crippen LogP contribution in [0, 0.1) is 0 Å². The van der Waals surface area contributed by atoms with Gasteiger partial charge in [0, 0.05) is 12.2 Å². The van der Waals surface area contributed by atoms with Gasteiger partial charge in [0.2, 0.25) is 0 Å². The highest BCUT2D eigenvalue weighted by atomic mass is 16.5. The minimum absolute atomic E-state index is 0.562. The van der Waals surface area contributed by atoms with Crippen LogP contribution in [0.1, 0.15) is 26.3 Å². The highest BCUT2D eigenvalue weighted by molar-refractivity contribution is 5.40. The average molecular weight is 224 g/mol. The first-order chi connectivity index (χ1) is 7.81. The number of ether oxygens (including phenoxy) is 3. The summed E-state index contributed by atoms with van der Waals surface area (Å²) in [5.41, 5.74) is 1.04. The Bertz CT molecular complexity index is 310. The quantitative estimate of drug-likeness (QED) is 0.712. The molecule has 0 aliphatic rings. The molecular formula is C13H20O3. The summed E-state index contributed by atoms with van der Waals surface area (Å²) in [6.07, 6.45) is 0. The molecule has 1 aromatic carbocycles. The van der Waals surface area contributed by atoms with Crippen LogP contribution in [0.2, 0.25) is 0 Å². The van der Waals surface area contributed by atoms with Crippen LogP contribution in [-0.4, -0.2) is 19.8 Å². The molecule has 3 nitrogen and oxygen atoms in total. The molecule has 90 valence electrons. The minimum atomic E-state index is 0.562. The van der Waals surface area contributed by atoms with Crippen LogP contribution in [-0.2, 0) is 11.3 Å². The van der Waals surface area contributed by atoms with Gasteiger partial charge in [-0.05, 0) is 39.0 Å². The van der Waals surface area contributed by atoms with Gasteiger partial charge in [-0.15, -0.1) is 0 Å². The summed E-state index contributed by atoms with van der Waals surface area (Å²) in [6.45, 7) is 8.51. The molecule has 0 unspecified atom stereocenters. The van der Waals surface area contributed by atoms with Gasteiger partial charge in [-0.2, -0.15) is 0 Å². The Morgan fingerprint density at radius 3 is 2.31 bits per heavy atom. The van der Waals surface area contributed by atoms with Gasteiger partial charge >= 0.3 is 0 Å². The van der Waals surface area contributed by atoms with Crippen LogP contribution in [0.25, 0.3) is 0 Å². The Balaban J connectivity index is 2.82. The van der Waals surface area contributed by atoms with Gasteiger partial charge in [0.05, 0.1) is 19.8 Å². The van der Waals surface area contributed by atoms with E-state index in [1.54, 1.807) is 0 Å². The summed E-state index contributed by atoms with van der Waals surface area (Å²) in [7, 11) is 0. The Labute approximate surface area is 97.3 Å². The average Bonchev–Trinajstić information content (AvgIpc) is 2.30. The van der Waals surface area contributed by atoms with E-state index >= 15 is 0 Å². The summed E-state index contributed by atoms with van der Waals surface area (Å²) >= 11 is 0. The molecule has 0 bridgehead atoms. The highest BCUT2D eigenvalue weighted by Crippen LogP contribution is 2.25. The van der Waals surface area contributed by atoms with Crippen molar-refractivity contribution in [1.82, 2.24) is 0 Å². The summed E-state index contributed by atoms with van der Waals surface area (Å²) in [6, 6.07) is 5.83. The van der Waals surface area contributed by atoms with E-state index < -0.39 is 0 Å². The van der Waals surface area contributed by atoms with Crippen molar-refractivity contribution in [1.29, 1.82) is 0 Å². The maximum absolute atomic E-state index is 5.53. The first-order valence-electron chi connectivity index (χ1n) is 5.78. The van der Waals surface area contributed by atoms with Crippen molar-refractivity contribution in [3.63, 3.8) is 0 Å². The van der Waals surface area contributed by atoms with E-state index in [0.717, 1.165) is 17.1 Å². The zero-order valence-corrected chi connectivity index (χ0v) is 10.3. The van der Waals surface area contributed by atoms with E-state index in [1.807, 2.05) is 39.0 Å². The summed E-state index contributed by atoms with van der Waals surface area (Å²) < 4.78 is 16.4. The standard InChI is InChI=1S/C13H20O3/c1-4-14-10-11-9-12(15-5-2)7-8-13(11)16-6-3/h7-9H,4-6,10H2,1-3H3. The molecule has 0 N–H and O–H groups in total. The molecule has 0 saturated carbocycles. The van der Waals surface area contributed by atoms with Crippen molar-refractivity contribution in [3.05, 3.63) is 23.8 Å². The zero-order chi connectivity index (χ0) is 11.8. The summed E-state index contributed by atoms with van der Waals surface area (Å²) in [5, 5.41) is 0. The monoisotopic (exact) mass is 224 g/mol. The maximum Gasteiger partial charge on any atom is 0.125 e. The van der Waals surface area contributed by atoms with Crippen LogP contribution < -0.4 is 9.47 Å². The van der Waals surface area contributed by atoms with Crippen LogP contribution in [0.3, 0.4) is 0 Å². The van der Waals surface area contributed by atoms with Crippen molar-refractivity contribution in [2.75, 3.05) is 19.8 Å². The molecule has 0 aromatic heterocycles. The van der Waals surface area contributed by atoms with E-state index in [-0.39, 0.29) is 0 Å². The number of hydrogen-bond donors (Lipinski definition) is 0. The molecule has 3 heteroatoms. The Hall–Kier alpha value is -1.22. The third-order valence-corrected chi connectivity index (χ3v) is 2.10. The lowest BCUT2D eigenvalue weighted by Crippen LogP contribution is -2.00. The van der Waals surface area contributed by atoms with Crippen molar-refractivity contribution >= 4 is 0 Å². The number of hydrogen-bond acceptors (Lipinski definition) is 3. The minimum Gasteiger partial charge on any atom is -0.494 e. The zero-order valence-electron chi connectivity index (χ0n) is 10.3. The lowest BCUT2D eigenvalue weighted by atomic mass is 10.2. The molecule has 0 amide bonds. The van der Waals surface area contributed by atoms with Gasteiger partial charge in [-0.25, -0.2) is 0 Å². The van der Waals surface area contributed by atoms with Gasteiger partial charge in [-0.3, -0.25) is 0 Å². The van der Waals surface area contributed by atoms with E-state index in [1.165, 1.54) is 0 Å². The fourth-order valence-corrected chi connectivity index (χ4v) is 1.43. The molecule has 0 saturated heterocycles. The maximum atomic E-state index is 5.53. The molecule has 0 atom stereocenters. The topological polar surface area (TPSA) is 27.7 Å². The van der Waals surface area contributed by atoms with Gasteiger partial charge in [0.1, 0.15) is 11.5 Å². The van der Waals surface area contributed by atoms with Crippen molar-refractivity contribution in [3.8, 4) is 11.5 Å². The SMILES string of the molecule is CCOCc1cc(OCC)ccc1OCC. The predicted molar refractivity (Wildman–Crippen MR) is 64.1 cm³/mol. The smallest absolute Gasteiger partial charge is 0.125 e. The molecule has 0 aliphatic heterocycles. The number of benzene rings is 1. The lowest BCUT2D eigenvalue weighted by molar-refractivity contribution is 0.131. The molecular weight excluding hydrogens is 204 g/mol. The second-order valence-corrected chi connectivity index (χ2v) is 3.27. The molecule has 0 radical (unpaired) electrons. The molecule has 16 heavy (non-hydrogen) atoms. The molecule has 0 aliphatic carbocycles.